The van der Waals surface area contributed by atoms with Crippen LogP contribution in [0, 0.1) is 0 Å². The van der Waals surface area contributed by atoms with Gasteiger partial charge in [0.1, 0.15) is 0 Å². The SMILES string of the molecule is CNC1(N(C)C(=O)Cc2cccc3sccc23)CCCCC1. The van der Waals surface area contributed by atoms with Crippen molar-refractivity contribution in [2.24, 2.45) is 0 Å². The second-order valence-corrected chi connectivity index (χ2v) is 7.17. The van der Waals surface area contributed by atoms with Gasteiger partial charge >= 0.3 is 0 Å². The predicted molar refractivity (Wildman–Crippen MR) is 93.2 cm³/mol. The molecule has 0 bridgehead atoms. The van der Waals surface area contributed by atoms with Gasteiger partial charge in [0.25, 0.3) is 0 Å². The Labute approximate surface area is 136 Å². The number of benzene rings is 1. The number of fused-ring (bicyclic) bond motifs is 1. The molecule has 4 heteroatoms. The van der Waals surface area contributed by atoms with Gasteiger partial charge in [-0.1, -0.05) is 18.6 Å². The molecule has 3 rings (SSSR count). The van der Waals surface area contributed by atoms with Crippen LogP contribution in [0.4, 0.5) is 0 Å². The Morgan fingerprint density at radius 3 is 2.77 bits per heavy atom. The molecule has 1 N–H and O–H groups in total. The summed E-state index contributed by atoms with van der Waals surface area (Å²) in [6.45, 7) is 0. The summed E-state index contributed by atoms with van der Waals surface area (Å²) in [5.74, 6) is 0.204. The van der Waals surface area contributed by atoms with Gasteiger partial charge in [0.05, 0.1) is 12.1 Å². The maximum atomic E-state index is 12.8. The third-order valence-corrected chi connectivity index (χ3v) is 5.97. The van der Waals surface area contributed by atoms with E-state index >= 15 is 0 Å². The highest BCUT2D eigenvalue weighted by molar-refractivity contribution is 7.17. The molecule has 22 heavy (non-hydrogen) atoms. The predicted octanol–water partition coefficient (Wildman–Crippen LogP) is 3.78. The van der Waals surface area contributed by atoms with Crippen LogP contribution >= 0.6 is 11.3 Å². The van der Waals surface area contributed by atoms with Crippen LogP contribution in [0.15, 0.2) is 29.6 Å². The van der Waals surface area contributed by atoms with Crippen LogP contribution in [0.2, 0.25) is 0 Å². The van der Waals surface area contributed by atoms with Gasteiger partial charge in [-0.05, 0) is 61.2 Å². The Balaban J connectivity index is 1.80. The number of thiophene rings is 1. The first-order valence-electron chi connectivity index (χ1n) is 8.07. The molecule has 1 amide bonds. The fourth-order valence-electron chi connectivity index (χ4n) is 3.62. The molecular formula is C18H24N2OS. The van der Waals surface area contributed by atoms with Gasteiger partial charge in [-0.2, -0.15) is 0 Å². The van der Waals surface area contributed by atoms with Gasteiger partial charge in [-0.25, -0.2) is 0 Å². The number of rotatable bonds is 4. The Morgan fingerprint density at radius 2 is 2.05 bits per heavy atom. The van der Waals surface area contributed by atoms with E-state index in [1.807, 2.05) is 19.0 Å². The number of likely N-dealkylation sites (N-methyl/N-ethyl adjacent to an activating group) is 1. The minimum absolute atomic E-state index is 0.155. The van der Waals surface area contributed by atoms with Gasteiger partial charge in [-0.15, -0.1) is 11.3 Å². The first-order chi connectivity index (χ1) is 10.7. The Kier molecular flexibility index (Phi) is 4.50. The van der Waals surface area contributed by atoms with Gasteiger partial charge in [-0.3, -0.25) is 10.1 Å². The molecule has 2 aromatic rings. The van der Waals surface area contributed by atoms with Crippen LogP contribution in [-0.2, 0) is 11.2 Å². The van der Waals surface area contributed by atoms with Gasteiger partial charge in [0.2, 0.25) is 5.91 Å². The zero-order valence-electron chi connectivity index (χ0n) is 13.4. The molecule has 118 valence electrons. The normalized spacial score (nSPS) is 17.5. The topological polar surface area (TPSA) is 32.3 Å². The minimum Gasteiger partial charge on any atom is -0.327 e. The van der Waals surface area contributed by atoms with E-state index in [0.717, 1.165) is 18.4 Å². The summed E-state index contributed by atoms with van der Waals surface area (Å²) in [5.41, 5.74) is 0.982. The molecule has 0 atom stereocenters. The van der Waals surface area contributed by atoms with Crippen molar-refractivity contribution in [3.05, 3.63) is 35.2 Å². The summed E-state index contributed by atoms with van der Waals surface area (Å²) < 4.78 is 1.26. The Hall–Kier alpha value is -1.39. The van der Waals surface area contributed by atoms with Gasteiger partial charge in [0.15, 0.2) is 0 Å². The summed E-state index contributed by atoms with van der Waals surface area (Å²) in [5, 5.41) is 6.74. The van der Waals surface area contributed by atoms with Crippen LogP contribution in [0.5, 0.6) is 0 Å². The van der Waals surface area contributed by atoms with Crippen molar-refractivity contribution in [1.82, 2.24) is 10.2 Å². The fraction of sp³-hybridized carbons (Fsp3) is 0.500. The average Bonchev–Trinajstić information content (AvgIpc) is 3.04. The summed E-state index contributed by atoms with van der Waals surface area (Å²) in [7, 11) is 3.94. The van der Waals surface area contributed by atoms with Gasteiger partial charge < -0.3 is 4.90 Å². The molecule has 0 aliphatic heterocycles. The molecule has 1 aromatic heterocycles. The highest BCUT2D eigenvalue weighted by Crippen LogP contribution is 2.31. The first-order valence-corrected chi connectivity index (χ1v) is 8.95. The monoisotopic (exact) mass is 316 g/mol. The number of amides is 1. The number of nitrogens with zero attached hydrogens (tertiary/aromatic N) is 1. The highest BCUT2D eigenvalue weighted by atomic mass is 32.1. The van der Waals surface area contributed by atoms with Gasteiger partial charge in [0, 0.05) is 11.7 Å². The van der Waals surface area contributed by atoms with E-state index in [4.69, 9.17) is 0 Å². The molecular weight excluding hydrogens is 292 g/mol. The third kappa shape index (κ3) is 2.77. The zero-order chi connectivity index (χ0) is 15.6. The van der Waals surface area contributed by atoms with E-state index in [9.17, 15) is 4.79 Å². The molecule has 3 nitrogen and oxygen atoms in total. The summed E-state index contributed by atoms with van der Waals surface area (Å²) in [6, 6.07) is 8.37. The lowest BCUT2D eigenvalue weighted by atomic mass is 9.87. The van der Waals surface area contributed by atoms with E-state index in [-0.39, 0.29) is 11.6 Å². The largest absolute Gasteiger partial charge is 0.327 e. The molecule has 1 heterocycles. The van der Waals surface area contributed by atoms with Crippen LogP contribution in [0.25, 0.3) is 10.1 Å². The average molecular weight is 316 g/mol. The summed E-state index contributed by atoms with van der Waals surface area (Å²) >= 11 is 1.73. The molecule has 0 radical (unpaired) electrons. The van der Waals surface area contributed by atoms with Crippen molar-refractivity contribution in [2.75, 3.05) is 14.1 Å². The van der Waals surface area contributed by atoms with Crippen molar-refractivity contribution in [1.29, 1.82) is 0 Å². The maximum absolute atomic E-state index is 12.8. The summed E-state index contributed by atoms with van der Waals surface area (Å²) in [4.78, 5) is 14.8. The number of carbonyl (C=O) groups excluding carboxylic acids is 1. The number of nitrogens with one attached hydrogen (secondary N) is 1. The lowest BCUT2D eigenvalue weighted by Crippen LogP contribution is -2.59. The van der Waals surface area contributed by atoms with Crippen molar-refractivity contribution >= 4 is 27.3 Å². The smallest absolute Gasteiger partial charge is 0.228 e. The maximum Gasteiger partial charge on any atom is 0.228 e. The first kappa shape index (κ1) is 15.5. The fourth-order valence-corrected chi connectivity index (χ4v) is 4.45. The molecule has 1 fully saturated rings. The molecule has 1 aromatic carbocycles. The quantitative estimate of drug-likeness (QED) is 0.871. The molecule has 0 saturated heterocycles. The van der Waals surface area contributed by atoms with Crippen LogP contribution in [0.3, 0.4) is 0 Å². The lowest BCUT2D eigenvalue weighted by molar-refractivity contribution is -0.137. The highest BCUT2D eigenvalue weighted by Gasteiger charge is 2.36. The van der Waals surface area contributed by atoms with Crippen molar-refractivity contribution < 1.29 is 4.79 Å². The second kappa shape index (κ2) is 6.39. The number of hydrogen-bond acceptors (Lipinski definition) is 3. The molecule has 0 unspecified atom stereocenters. The van der Waals surface area contributed by atoms with Crippen LogP contribution in [0.1, 0.15) is 37.7 Å². The van der Waals surface area contributed by atoms with E-state index in [1.54, 1.807) is 11.3 Å². The Bertz CT molecular complexity index is 658. The molecule has 1 aliphatic rings. The van der Waals surface area contributed by atoms with Crippen LogP contribution < -0.4 is 5.32 Å². The Morgan fingerprint density at radius 1 is 1.27 bits per heavy atom. The number of hydrogen-bond donors (Lipinski definition) is 1. The summed E-state index contributed by atoms with van der Waals surface area (Å²) in [6.07, 6.45) is 6.24. The lowest BCUT2D eigenvalue weighted by Gasteiger charge is -2.44. The van der Waals surface area contributed by atoms with Crippen LogP contribution in [-0.4, -0.2) is 30.6 Å². The zero-order valence-corrected chi connectivity index (χ0v) is 14.2. The molecule has 1 saturated carbocycles. The third-order valence-electron chi connectivity index (χ3n) is 5.09. The van der Waals surface area contributed by atoms with E-state index in [2.05, 4.69) is 35.0 Å². The van der Waals surface area contributed by atoms with Crippen molar-refractivity contribution in [3.8, 4) is 0 Å². The van der Waals surface area contributed by atoms with Crippen molar-refractivity contribution in [3.63, 3.8) is 0 Å². The second-order valence-electron chi connectivity index (χ2n) is 6.22. The van der Waals surface area contributed by atoms with E-state index in [1.165, 1.54) is 29.3 Å². The number of carbonyl (C=O) groups is 1. The van der Waals surface area contributed by atoms with E-state index < -0.39 is 0 Å². The molecule has 0 spiro atoms. The molecule has 1 aliphatic carbocycles. The van der Waals surface area contributed by atoms with Crippen molar-refractivity contribution in [2.45, 2.75) is 44.2 Å². The standard InChI is InChI=1S/C18H24N2OS/c1-19-18(10-4-3-5-11-18)20(2)17(21)13-14-7-6-8-16-15(14)9-12-22-16/h6-9,12,19H,3-5,10-11,13H2,1-2H3. The minimum atomic E-state index is -0.155. The van der Waals surface area contributed by atoms with E-state index in [0.29, 0.717) is 6.42 Å².